The number of nitrogens with one attached hydrogen (secondary N) is 3. The van der Waals surface area contributed by atoms with Crippen molar-refractivity contribution >= 4 is 58.9 Å². The number of amides is 6. The fourth-order valence-electron chi connectivity index (χ4n) is 8.67. The fraction of sp³-hybridized carbons (Fsp3) is 0.518. The number of unbranched alkanes of at least 4 members (excludes halogenated alkanes) is 2. The lowest BCUT2D eigenvalue weighted by Gasteiger charge is -2.40. The predicted molar refractivity (Wildman–Crippen MR) is 286 cm³/mol. The summed E-state index contributed by atoms with van der Waals surface area (Å²) in [5.74, 6) is -10.3. The normalized spacial score (nSPS) is 14.2. The number of carboxylic acid groups (broad SMARTS) is 2. The van der Waals surface area contributed by atoms with E-state index in [1.54, 1.807) is 24.6 Å². The standard InChI is InChI=1S/C54H72F2N8O11.C2HF3O2/c1-33(2)48(61-44(68)17-11-8-12-26-63-45(69)22-23-46(63)70)43(67)28-34(3)51(72)60-41(53(74)75)21-19-37(66)16-13-25-58-52(73)40(57)24-27-64(47(71)32-65)49(54(4,5)6)50-59-42(38-29-36(55)18-20-39(38)56)31-62(50)30-35-14-9-7-10-15-35;3-2(4,5)1(6)7/h7,9-10,14-15,18,20,22-23,29,31,33-34,40-41,48-49,65H,8,11-13,16-17,19,21,24-28,30,32,57H2,1-6H3,(H,58,73)(H,60,72)(H,61,68)(H,74,75);(H,6,7)/t34-,40+,41+,48+,49+;/m1./s1. The van der Waals surface area contributed by atoms with Gasteiger partial charge in [-0.3, -0.25) is 43.3 Å². The number of halogens is 5. The number of ketones is 2. The number of aromatic nitrogens is 2. The maximum absolute atomic E-state index is 15.1. The quantitative estimate of drug-likeness (QED) is 0.0248. The van der Waals surface area contributed by atoms with E-state index in [-0.39, 0.29) is 112 Å². The summed E-state index contributed by atoms with van der Waals surface area (Å²) in [4.78, 5) is 130. The molecule has 6 amide bonds. The number of carbonyl (C=O) groups is 10. The molecule has 5 atom stereocenters. The van der Waals surface area contributed by atoms with Gasteiger partial charge in [-0.25, -0.2) is 23.4 Å². The maximum atomic E-state index is 15.1. The van der Waals surface area contributed by atoms with Crippen molar-refractivity contribution in [1.82, 2.24) is 35.3 Å². The molecule has 0 unspecified atom stereocenters. The second-order valence-corrected chi connectivity index (χ2v) is 21.1. The van der Waals surface area contributed by atoms with Crippen molar-refractivity contribution in [3.8, 4) is 11.3 Å². The molecule has 2 heterocycles. The van der Waals surface area contributed by atoms with Crippen LogP contribution in [0.5, 0.6) is 0 Å². The van der Waals surface area contributed by atoms with Gasteiger partial charge in [0.1, 0.15) is 35.9 Å². The molecule has 2 aromatic carbocycles. The van der Waals surface area contributed by atoms with E-state index in [4.69, 9.17) is 20.6 Å². The first-order valence-electron chi connectivity index (χ1n) is 26.6. The maximum Gasteiger partial charge on any atom is 0.490 e. The van der Waals surface area contributed by atoms with Gasteiger partial charge >= 0.3 is 18.1 Å². The number of aliphatic carboxylic acids is 2. The van der Waals surface area contributed by atoms with Crippen LogP contribution in [0.1, 0.15) is 123 Å². The molecule has 0 saturated heterocycles. The lowest BCUT2D eigenvalue weighted by molar-refractivity contribution is -0.192. The predicted octanol–water partition coefficient (Wildman–Crippen LogP) is 5.17. The minimum Gasteiger partial charge on any atom is -0.480 e. The molecule has 1 aromatic heterocycles. The number of aliphatic hydroxyl groups is 1. The molecule has 0 fully saturated rings. The van der Waals surface area contributed by atoms with Crippen LogP contribution in [0.25, 0.3) is 11.3 Å². The first-order chi connectivity index (χ1) is 38.3. The second kappa shape index (κ2) is 32.0. The third kappa shape index (κ3) is 22.0. The Bertz CT molecular complexity index is 2750. The summed E-state index contributed by atoms with van der Waals surface area (Å²) in [6, 6.07) is 7.99. The van der Waals surface area contributed by atoms with Crippen molar-refractivity contribution in [1.29, 1.82) is 0 Å². The molecule has 0 aliphatic carbocycles. The van der Waals surface area contributed by atoms with Crippen molar-refractivity contribution in [2.45, 2.75) is 143 Å². The van der Waals surface area contributed by atoms with Gasteiger partial charge in [-0.2, -0.15) is 13.2 Å². The molecule has 450 valence electrons. The number of aliphatic hydroxyl groups excluding tert-OH is 1. The monoisotopic (exact) mass is 1160 g/mol. The molecule has 4 rings (SSSR count). The summed E-state index contributed by atoms with van der Waals surface area (Å²) in [6.45, 7) is 10.0. The highest BCUT2D eigenvalue weighted by Crippen LogP contribution is 2.40. The summed E-state index contributed by atoms with van der Waals surface area (Å²) < 4.78 is 62.9. The van der Waals surface area contributed by atoms with Crippen molar-refractivity contribution in [3.05, 3.63) is 89.9 Å². The second-order valence-electron chi connectivity index (χ2n) is 21.1. The van der Waals surface area contributed by atoms with Gasteiger partial charge in [-0.1, -0.05) is 78.3 Å². The van der Waals surface area contributed by atoms with Crippen LogP contribution >= 0.6 is 0 Å². The summed E-state index contributed by atoms with van der Waals surface area (Å²) in [5, 5.41) is 34.9. The third-order valence-corrected chi connectivity index (χ3v) is 13.0. The summed E-state index contributed by atoms with van der Waals surface area (Å²) in [5.41, 5.74) is 6.44. The number of carboxylic acids is 2. The first-order valence-corrected chi connectivity index (χ1v) is 26.6. The van der Waals surface area contributed by atoms with Crippen LogP contribution < -0.4 is 21.7 Å². The first kappa shape index (κ1) is 68.5. The molecule has 1 aliphatic heterocycles. The minimum absolute atomic E-state index is 0.0320. The Morgan fingerprint density at radius 1 is 0.805 bits per heavy atom. The molecular weight excluding hydrogens is 1090 g/mol. The van der Waals surface area contributed by atoms with Gasteiger partial charge in [0.15, 0.2) is 5.78 Å². The van der Waals surface area contributed by atoms with Gasteiger partial charge in [0.2, 0.25) is 23.6 Å². The van der Waals surface area contributed by atoms with E-state index in [0.717, 1.165) is 28.7 Å². The largest absolute Gasteiger partial charge is 0.490 e. The Balaban J connectivity index is 0.00000236. The van der Waals surface area contributed by atoms with Gasteiger partial charge in [0, 0.05) is 81.7 Å². The zero-order chi connectivity index (χ0) is 61.6. The van der Waals surface area contributed by atoms with E-state index in [1.807, 2.05) is 51.1 Å². The highest BCUT2D eigenvalue weighted by molar-refractivity contribution is 6.12. The summed E-state index contributed by atoms with van der Waals surface area (Å²) in [6.07, 6.45) is -0.122. The van der Waals surface area contributed by atoms with E-state index in [1.165, 1.54) is 24.0 Å². The van der Waals surface area contributed by atoms with E-state index in [2.05, 4.69) is 16.0 Å². The number of benzene rings is 2. The number of hydrogen-bond donors (Lipinski definition) is 7. The lowest BCUT2D eigenvalue weighted by Crippen LogP contribution is -2.48. The van der Waals surface area contributed by atoms with Crippen LogP contribution in [0, 0.1) is 28.9 Å². The van der Waals surface area contributed by atoms with Crippen LogP contribution in [-0.4, -0.2) is 144 Å². The zero-order valence-corrected chi connectivity index (χ0v) is 46.6. The smallest absolute Gasteiger partial charge is 0.480 e. The topological polar surface area (TPSA) is 318 Å². The van der Waals surface area contributed by atoms with Crippen molar-refractivity contribution in [3.63, 3.8) is 0 Å². The molecule has 26 heteroatoms. The van der Waals surface area contributed by atoms with Crippen LogP contribution in [-0.2, 0) is 54.5 Å². The molecule has 0 saturated carbocycles. The summed E-state index contributed by atoms with van der Waals surface area (Å²) >= 11 is 0. The van der Waals surface area contributed by atoms with Crippen LogP contribution in [0.3, 0.4) is 0 Å². The molecule has 0 spiro atoms. The Hall–Kier alpha value is -7.74. The lowest BCUT2D eigenvalue weighted by atomic mass is 9.84. The Labute approximate surface area is 471 Å². The van der Waals surface area contributed by atoms with Gasteiger partial charge < -0.3 is 46.5 Å². The SMILES string of the molecule is CC(C)[C@H](NC(=O)CCCCCN1C(=O)C=CC1=O)C(=O)C[C@@H](C)C(=O)N[C@@H](CCC(=O)CCCNC(=O)[C@@H](N)CCN(C(=O)CO)[C@@H](c1nc(-c2cc(F)ccc2F)cn1Cc1ccccc1)C(C)(C)C)C(=O)O.O=C(O)C(F)(F)F. The number of carbonyl (C=O) groups excluding carboxylic acids is 8. The Morgan fingerprint density at radius 2 is 1.44 bits per heavy atom. The number of alkyl halides is 3. The average Bonchev–Trinajstić information content (AvgIpc) is 4.18. The Kier molecular flexibility index (Phi) is 26.8. The molecule has 1 aliphatic rings. The van der Waals surface area contributed by atoms with E-state index in [0.29, 0.717) is 25.1 Å². The summed E-state index contributed by atoms with van der Waals surface area (Å²) in [7, 11) is 0. The van der Waals surface area contributed by atoms with Gasteiger partial charge in [-0.05, 0) is 67.2 Å². The highest BCUT2D eigenvalue weighted by atomic mass is 19.4. The van der Waals surface area contributed by atoms with E-state index < -0.39 is 95.4 Å². The fourth-order valence-corrected chi connectivity index (χ4v) is 8.67. The minimum atomic E-state index is -5.08. The zero-order valence-electron chi connectivity index (χ0n) is 46.6. The molecule has 21 nitrogen and oxygen atoms in total. The van der Waals surface area contributed by atoms with Gasteiger partial charge in [-0.15, -0.1) is 0 Å². The number of hydrogen-bond acceptors (Lipinski definition) is 13. The average molecular weight is 1160 g/mol. The Morgan fingerprint density at radius 3 is 2.01 bits per heavy atom. The molecule has 0 bridgehead atoms. The van der Waals surface area contributed by atoms with Gasteiger partial charge in [0.05, 0.1) is 23.8 Å². The molecule has 0 radical (unpaired) electrons. The van der Waals surface area contributed by atoms with Crippen LogP contribution in [0.4, 0.5) is 22.0 Å². The number of imidazole rings is 1. The van der Waals surface area contributed by atoms with Crippen LogP contribution in [0.2, 0.25) is 0 Å². The van der Waals surface area contributed by atoms with Crippen molar-refractivity contribution in [2.24, 2.45) is 23.0 Å². The molecule has 82 heavy (non-hydrogen) atoms. The van der Waals surface area contributed by atoms with Crippen LogP contribution in [0.15, 0.2) is 66.9 Å². The number of nitrogens with two attached hydrogens (primary N) is 1. The third-order valence-electron chi connectivity index (χ3n) is 13.0. The number of nitrogens with zero attached hydrogens (tertiary/aromatic N) is 4. The number of Topliss-reactive ketones (excluding diaryl/α,β-unsaturated/α-hetero) is 2. The number of rotatable bonds is 31. The molecular formula is C56H73F5N8O13. The van der Waals surface area contributed by atoms with Crippen molar-refractivity contribution in [2.75, 3.05) is 26.2 Å². The van der Waals surface area contributed by atoms with E-state index in [9.17, 15) is 70.9 Å². The number of imide groups is 1. The van der Waals surface area contributed by atoms with Gasteiger partial charge in [0.25, 0.3) is 11.8 Å². The van der Waals surface area contributed by atoms with E-state index >= 15 is 4.39 Å². The molecule has 8 N–H and O–H groups in total. The van der Waals surface area contributed by atoms with Crippen molar-refractivity contribution < 1.29 is 85.2 Å². The highest BCUT2D eigenvalue weighted by Gasteiger charge is 2.40. The molecule has 3 aromatic rings.